The third kappa shape index (κ3) is 1.71. The Morgan fingerprint density at radius 1 is 1.38 bits per heavy atom. The third-order valence-corrected chi connectivity index (χ3v) is 3.30. The van der Waals surface area contributed by atoms with Crippen molar-refractivity contribution >= 4 is 11.3 Å². The zero-order chi connectivity index (χ0) is 9.47. The van der Waals surface area contributed by atoms with Gasteiger partial charge >= 0.3 is 6.18 Å². The molecule has 0 bridgehead atoms. The summed E-state index contributed by atoms with van der Waals surface area (Å²) in [4.78, 5) is 0.410. The van der Waals surface area contributed by atoms with Crippen molar-refractivity contribution in [3.05, 3.63) is 21.4 Å². The summed E-state index contributed by atoms with van der Waals surface area (Å²) in [7, 11) is 0. The smallest absolute Gasteiger partial charge is 0.312 e. The minimum absolute atomic E-state index is 0.471. The van der Waals surface area contributed by atoms with Crippen LogP contribution in [-0.4, -0.2) is 6.54 Å². The molecule has 1 N–H and O–H groups in total. The maximum atomic E-state index is 12.3. The van der Waals surface area contributed by atoms with E-state index in [1.807, 2.05) is 0 Å². The lowest BCUT2D eigenvalue weighted by molar-refractivity contribution is -0.134. The maximum Gasteiger partial charge on any atom is 0.425 e. The molecule has 1 nitrogen and oxygen atoms in total. The van der Waals surface area contributed by atoms with Crippen LogP contribution in [0.25, 0.3) is 0 Å². The first-order chi connectivity index (χ1) is 6.07. The summed E-state index contributed by atoms with van der Waals surface area (Å²) in [5, 5.41) is 3.05. The van der Waals surface area contributed by atoms with Gasteiger partial charge in [-0.15, -0.1) is 11.3 Å². The van der Waals surface area contributed by atoms with Gasteiger partial charge in [0.1, 0.15) is 4.88 Å². The van der Waals surface area contributed by atoms with Crippen molar-refractivity contribution in [1.29, 1.82) is 0 Å². The Balaban J connectivity index is 2.36. The number of hydrogen-bond donors (Lipinski definition) is 1. The number of fused-ring (bicyclic) bond motifs is 1. The molecule has 0 amide bonds. The first-order valence-corrected chi connectivity index (χ1v) is 4.78. The van der Waals surface area contributed by atoms with Crippen molar-refractivity contribution in [3.8, 4) is 0 Å². The zero-order valence-electron chi connectivity index (χ0n) is 6.74. The average Bonchev–Trinajstić information content (AvgIpc) is 2.45. The van der Waals surface area contributed by atoms with Crippen molar-refractivity contribution in [2.24, 2.45) is 0 Å². The molecule has 0 fully saturated rings. The lowest BCUT2D eigenvalue weighted by Crippen LogP contribution is -2.21. The summed E-state index contributed by atoms with van der Waals surface area (Å²) in [5.41, 5.74) is 0.809. The Bertz CT molecular complexity index is 292. The molecule has 0 spiro atoms. The minimum Gasteiger partial charge on any atom is -0.312 e. The van der Waals surface area contributed by atoms with Gasteiger partial charge in [-0.05, 0) is 18.1 Å². The van der Waals surface area contributed by atoms with Crippen LogP contribution in [0, 0.1) is 0 Å². The minimum atomic E-state index is -4.18. The van der Waals surface area contributed by atoms with Crippen molar-refractivity contribution in [2.75, 3.05) is 6.54 Å². The molecule has 0 atom stereocenters. The Labute approximate surface area is 77.6 Å². The van der Waals surface area contributed by atoms with E-state index in [0.29, 0.717) is 6.54 Å². The summed E-state index contributed by atoms with van der Waals surface area (Å²) >= 11 is 0.877. The highest BCUT2D eigenvalue weighted by Gasteiger charge is 2.34. The SMILES string of the molecule is FC(F)(F)c1cc2c(s1)CCNC2. The summed E-state index contributed by atoms with van der Waals surface area (Å²) in [5.74, 6) is 0. The summed E-state index contributed by atoms with van der Waals surface area (Å²) < 4.78 is 36.8. The first kappa shape index (κ1) is 9.02. The molecule has 0 saturated carbocycles. The largest absolute Gasteiger partial charge is 0.425 e. The van der Waals surface area contributed by atoms with E-state index >= 15 is 0 Å². The molecule has 0 saturated heterocycles. The number of nitrogens with one attached hydrogen (secondary N) is 1. The number of thiophene rings is 1. The van der Waals surface area contributed by atoms with Gasteiger partial charge in [0.05, 0.1) is 0 Å². The van der Waals surface area contributed by atoms with Crippen LogP contribution >= 0.6 is 11.3 Å². The van der Waals surface area contributed by atoms with Gasteiger partial charge in [0.15, 0.2) is 0 Å². The van der Waals surface area contributed by atoms with Crippen molar-refractivity contribution < 1.29 is 13.2 Å². The van der Waals surface area contributed by atoms with Crippen LogP contribution in [-0.2, 0) is 19.1 Å². The molecule has 2 rings (SSSR count). The maximum absolute atomic E-state index is 12.3. The van der Waals surface area contributed by atoms with Crippen LogP contribution in [0.4, 0.5) is 13.2 Å². The van der Waals surface area contributed by atoms with E-state index in [0.717, 1.165) is 34.7 Å². The van der Waals surface area contributed by atoms with Gasteiger partial charge in [0.25, 0.3) is 0 Å². The molecule has 0 unspecified atom stereocenters. The van der Waals surface area contributed by atoms with Gasteiger partial charge in [-0.2, -0.15) is 13.2 Å². The lowest BCUT2D eigenvalue weighted by Gasteiger charge is -2.10. The molecule has 5 heteroatoms. The molecular weight excluding hydrogens is 199 g/mol. The van der Waals surface area contributed by atoms with E-state index in [1.165, 1.54) is 6.07 Å². The fourth-order valence-electron chi connectivity index (χ4n) is 1.39. The quantitative estimate of drug-likeness (QED) is 0.688. The molecule has 1 aromatic rings. The lowest BCUT2D eigenvalue weighted by atomic mass is 10.1. The highest BCUT2D eigenvalue weighted by molar-refractivity contribution is 7.12. The van der Waals surface area contributed by atoms with Crippen molar-refractivity contribution in [3.63, 3.8) is 0 Å². The molecule has 1 aliphatic rings. The van der Waals surface area contributed by atoms with Crippen LogP contribution in [0.3, 0.4) is 0 Å². The van der Waals surface area contributed by atoms with E-state index in [-0.39, 0.29) is 0 Å². The molecule has 13 heavy (non-hydrogen) atoms. The topological polar surface area (TPSA) is 12.0 Å². The van der Waals surface area contributed by atoms with Gasteiger partial charge < -0.3 is 5.32 Å². The van der Waals surface area contributed by atoms with E-state index in [1.54, 1.807) is 0 Å². The van der Waals surface area contributed by atoms with Crippen LogP contribution < -0.4 is 5.32 Å². The number of halogens is 3. The monoisotopic (exact) mass is 207 g/mol. The third-order valence-electron chi connectivity index (χ3n) is 2.02. The van der Waals surface area contributed by atoms with Crippen molar-refractivity contribution in [2.45, 2.75) is 19.1 Å². The van der Waals surface area contributed by atoms with E-state index in [9.17, 15) is 13.2 Å². The normalized spacial score (nSPS) is 17.2. The van der Waals surface area contributed by atoms with E-state index in [2.05, 4.69) is 5.32 Å². The molecule has 72 valence electrons. The van der Waals surface area contributed by atoms with Gasteiger partial charge in [-0.25, -0.2) is 0 Å². The molecule has 1 aliphatic heterocycles. The summed E-state index contributed by atoms with van der Waals surface area (Å²) in [6.45, 7) is 1.35. The number of alkyl halides is 3. The molecule has 1 aromatic heterocycles. The van der Waals surface area contributed by atoms with E-state index < -0.39 is 11.1 Å². The molecular formula is C8H8F3NS. The zero-order valence-corrected chi connectivity index (χ0v) is 7.56. The fraction of sp³-hybridized carbons (Fsp3) is 0.500. The predicted octanol–water partition coefficient (Wildman–Crippen LogP) is 2.41. The standard InChI is InChI=1S/C8H8F3NS/c9-8(10,11)7-3-5-4-12-2-1-6(5)13-7/h3,12H,1-2,4H2. The van der Waals surface area contributed by atoms with E-state index in [4.69, 9.17) is 0 Å². The fourth-order valence-corrected chi connectivity index (χ4v) is 2.44. The first-order valence-electron chi connectivity index (χ1n) is 3.97. The van der Waals surface area contributed by atoms with Crippen LogP contribution in [0.5, 0.6) is 0 Å². The Hall–Kier alpha value is -0.550. The molecule has 0 radical (unpaired) electrons. The highest BCUT2D eigenvalue weighted by atomic mass is 32.1. The summed E-state index contributed by atoms with van der Waals surface area (Å²) in [6.07, 6.45) is -3.46. The second-order valence-corrected chi connectivity index (χ2v) is 4.12. The number of hydrogen-bond acceptors (Lipinski definition) is 2. The van der Waals surface area contributed by atoms with Crippen LogP contribution in [0.1, 0.15) is 15.3 Å². The second kappa shape index (κ2) is 2.99. The Kier molecular flexibility index (Phi) is 2.08. The Morgan fingerprint density at radius 3 is 2.77 bits per heavy atom. The average molecular weight is 207 g/mol. The molecule has 2 heterocycles. The van der Waals surface area contributed by atoms with Crippen LogP contribution in [0.15, 0.2) is 6.07 Å². The molecule has 0 aromatic carbocycles. The number of rotatable bonds is 0. The molecule has 0 aliphatic carbocycles. The van der Waals surface area contributed by atoms with Crippen LogP contribution in [0.2, 0.25) is 0 Å². The highest BCUT2D eigenvalue weighted by Crippen LogP contribution is 2.37. The Morgan fingerprint density at radius 2 is 2.15 bits per heavy atom. The summed E-state index contributed by atoms with van der Waals surface area (Å²) in [6, 6.07) is 1.26. The van der Waals surface area contributed by atoms with Crippen molar-refractivity contribution in [1.82, 2.24) is 5.32 Å². The predicted molar refractivity (Wildman–Crippen MR) is 44.7 cm³/mol. The van der Waals surface area contributed by atoms with Gasteiger partial charge in [-0.3, -0.25) is 0 Å². The van der Waals surface area contributed by atoms with Gasteiger partial charge in [0, 0.05) is 18.0 Å². The van der Waals surface area contributed by atoms with Gasteiger partial charge in [0.2, 0.25) is 0 Å². The second-order valence-electron chi connectivity index (χ2n) is 2.98. The van der Waals surface area contributed by atoms with Gasteiger partial charge in [-0.1, -0.05) is 0 Å².